The quantitative estimate of drug-likeness (QED) is 0.826. The summed E-state index contributed by atoms with van der Waals surface area (Å²) in [6, 6.07) is 7.71. The lowest BCUT2D eigenvalue weighted by molar-refractivity contribution is -0.137. The highest BCUT2D eigenvalue weighted by atomic mass is 16.5. The second-order valence-corrected chi connectivity index (χ2v) is 4.20. The third-order valence-electron chi connectivity index (χ3n) is 2.51. The third kappa shape index (κ3) is 4.09. The van der Waals surface area contributed by atoms with Crippen molar-refractivity contribution in [3.05, 3.63) is 41.5 Å². The fourth-order valence-electron chi connectivity index (χ4n) is 1.59. The highest BCUT2D eigenvalue weighted by molar-refractivity contribution is 5.66. The number of nitrogens with one attached hydrogen (secondary N) is 1. The van der Waals surface area contributed by atoms with Crippen LogP contribution in [0, 0.1) is 6.92 Å². The van der Waals surface area contributed by atoms with Crippen LogP contribution >= 0.6 is 0 Å². The number of hydrogen-bond donors (Lipinski definition) is 2. The van der Waals surface area contributed by atoms with Gasteiger partial charge >= 0.3 is 5.97 Å². The predicted octanol–water partition coefficient (Wildman–Crippen LogP) is 1.71. The van der Waals surface area contributed by atoms with Gasteiger partial charge in [-0.2, -0.15) is 5.10 Å². The minimum Gasteiger partial charge on any atom is -0.486 e. The van der Waals surface area contributed by atoms with Crippen molar-refractivity contribution in [2.24, 2.45) is 0 Å². The normalized spacial score (nSPS) is 10.4. The lowest BCUT2D eigenvalue weighted by atomic mass is 10.2. The number of carboxylic acid groups (broad SMARTS) is 1. The van der Waals surface area contributed by atoms with Crippen LogP contribution in [0.5, 0.6) is 5.75 Å². The average Bonchev–Trinajstić information content (AvgIpc) is 2.82. The minimum atomic E-state index is -0.859. The van der Waals surface area contributed by atoms with E-state index in [1.807, 2.05) is 31.2 Å². The molecule has 2 rings (SSSR count). The van der Waals surface area contributed by atoms with Gasteiger partial charge in [0.1, 0.15) is 12.4 Å². The van der Waals surface area contributed by atoms with Gasteiger partial charge in [-0.05, 0) is 24.6 Å². The minimum absolute atomic E-state index is 0.0238. The smallest absolute Gasteiger partial charge is 0.303 e. The Balaban J connectivity index is 1.88. The van der Waals surface area contributed by atoms with Gasteiger partial charge in [-0.15, -0.1) is 0 Å². The molecule has 100 valence electrons. The average molecular weight is 261 g/mol. The van der Waals surface area contributed by atoms with E-state index in [0.29, 0.717) is 18.1 Å². The summed E-state index contributed by atoms with van der Waals surface area (Å²) in [5.74, 6) is 0.984. The van der Waals surface area contributed by atoms with Gasteiger partial charge in [0, 0.05) is 6.42 Å². The SMILES string of the molecule is Cc1cccc(OCc2nc(CCC(=O)O)n[nH]2)c1. The first-order valence-corrected chi connectivity index (χ1v) is 5.95. The molecule has 0 saturated carbocycles. The molecule has 0 aliphatic carbocycles. The van der Waals surface area contributed by atoms with Gasteiger partial charge in [0.05, 0.1) is 6.42 Å². The third-order valence-corrected chi connectivity index (χ3v) is 2.51. The van der Waals surface area contributed by atoms with Crippen molar-refractivity contribution in [2.75, 3.05) is 0 Å². The number of carboxylic acids is 1. The number of aromatic amines is 1. The van der Waals surface area contributed by atoms with Crippen LogP contribution in [0.25, 0.3) is 0 Å². The number of aromatic nitrogens is 3. The van der Waals surface area contributed by atoms with Crippen LogP contribution < -0.4 is 4.74 Å². The van der Waals surface area contributed by atoms with Crippen LogP contribution in [0.4, 0.5) is 0 Å². The molecule has 0 atom stereocenters. The van der Waals surface area contributed by atoms with E-state index in [4.69, 9.17) is 9.84 Å². The number of aryl methyl sites for hydroxylation is 2. The molecule has 0 bridgehead atoms. The summed E-state index contributed by atoms with van der Waals surface area (Å²) in [6.45, 7) is 2.27. The van der Waals surface area contributed by atoms with Gasteiger partial charge in [-0.3, -0.25) is 9.89 Å². The van der Waals surface area contributed by atoms with Crippen molar-refractivity contribution >= 4 is 5.97 Å². The number of hydrogen-bond acceptors (Lipinski definition) is 4. The number of aliphatic carboxylic acids is 1. The maximum Gasteiger partial charge on any atom is 0.303 e. The van der Waals surface area contributed by atoms with Crippen LogP contribution in [0.2, 0.25) is 0 Å². The van der Waals surface area contributed by atoms with Gasteiger partial charge in [0.2, 0.25) is 0 Å². The summed E-state index contributed by atoms with van der Waals surface area (Å²) in [5.41, 5.74) is 1.12. The maximum absolute atomic E-state index is 10.4. The van der Waals surface area contributed by atoms with Gasteiger partial charge in [0.25, 0.3) is 0 Å². The molecule has 0 amide bonds. The van der Waals surface area contributed by atoms with Gasteiger partial charge in [-0.1, -0.05) is 12.1 Å². The summed E-state index contributed by atoms with van der Waals surface area (Å²) in [6.07, 6.45) is 0.340. The van der Waals surface area contributed by atoms with Crippen molar-refractivity contribution in [3.8, 4) is 5.75 Å². The molecule has 0 aliphatic heterocycles. The molecule has 1 aromatic carbocycles. The Morgan fingerprint density at radius 2 is 2.32 bits per heavy atom. The molecule has 6 nitrogen and oxygen atoms in total. The first kappa shape index (κ1) is 13.1. The summed E-state index contributed by atoms with van der Waals surface area (Å²) >= 11 is 0. The van der Waals surface area contributed by atoms with Crippen LogP contribution in [-0.4, -0.2) is 26.3 Å². The zero-order chi connectivity index (χ0) is 13.7. The fourth-order valence-corrected chi connectivity index (χ4v) is 1.59. The van der Waals surface area contributed by atoms with E-state index < -0.39 is 5.97 Å². The Labute approximate surface area is 110 Å². The van der Waals surface area contributed by atoms with Crippen molar-refractivity contribution < 1.29 is 14.6 Å². The van der Waals surface area contributed by atoms with E-state index in [1.165, 1.54) is 0 Å². The van der Waals surface area contributed by atoms with E-state index in [2.05, 4.69) is 15.2 Å². The molecule has 0 fully saturated rings. The highest BCUT2D eigenvalue weighted by Gasteiger charge is 2.06. The van der Waals surface area contributed by atoms with E-state index >= 15 is 0 Å². The van der Waals surface area contributed by atoms with E-state index in [-0.39, 0.29) is 13.0 Å². The molecule has 0 unspecified atom stereocenters. The second-order valence-electron chi connectivity index (χ2n) is 4.20. The van der Waals surface area contributed by atoms with Gasteiger partial charge < -0.3 is 9.84 Å². The lowest BCUT2D eigenvalue weighted by Gasteiger charge is -2.04. The van der Waals surface area contributed by atoms with Crippen molar-refractivity contribution in [1.29, 1.82) is 0 Å². The fraction of sp³-hybridized carbons (Fsp3) is 0.308. The summed E-state index contributed by atoms with van der Waals surface area (Å²) < 4.78 is 5.56. The Bertz CT molecular complexity index is 566. The lowest BCUT2D eigenvalue weighted by Crippen LogP contribution is -2.00. The standard InChI is InChI=1S/C13H15N3O3/c1-9-3-2-4-10(7-9)19-8-12-14-11(15-16-12)5-6-13(17)18/h2-4,7H,5-6,8H2,1H3,(H,17,18)(H,14,15,16). The Morgan fingerprint density at radius 1 is 1.47 bits per heavy atom. The molecule has 19 heavy (non-hydrogen) atoms. The molecule has 1 heterocycles. The van der Waals surface area contributed by atoms with Gasteiger partial charge in [-0.25, -0.2) is 4.98 Å². The maximum atomic E-state index is 10.4. The molecular weight excluding hydrogens is 246 g/mol. The number of H-pyrrole nitrogens is 1. The zero-order valence-corrected chi connectivity index (χ0v) is 10.6. The number of benzene rings is 1. The first-order chi connectivity index (χ1) is 9.13. The largest absolute Gasteiger partial charge is 0.486 e. The van der Waals surface area contributed by atoms with E-state index in [1.54, 1.807) is 0 Å². The molecule has 0 radical (unpaired) electrons. The van der Waals surface area contributed by atoms with Crippen LogP contribution in [-0.2, 0) is 17.8 Å². The molecular formula is C13H15N3O3. The molecule has 2 aromatic rings. The Morgan fingerprint density at radius 3 is 3.05 bits per heavy atom. The van der Waals surface area contributed by atoms with Crippen molar-refractivity contribution in [2.45, 2.75) is 26.4 Å². The van der Waals surface area contributed by atoms with Gasteiger partial charge in [0.15, 0.2) is 11.6 Å². The van der Waals surface area contributed by atoms with E-state index in [9.17, 15) is 4.79 Å². The molecule has 2 N–H and O–H groups in total. The Hall–Kier alpha value is -2.37. The molecule has 0 spiro atoms. The zero-order valence-electron chi connectivity index (χ0n) is 10.6. The second kappa shape index (κ2) is 5.99. The highest BCUT2D eigenvalue weighted by Crippen LogP contribution is 2.13. The van der Waals surface area contributed by atoms with Crippen LogP contribution in [0.15, 0.2) is 24.3 Å². The topological polar surface area (TPSA) is 88.1 Å². The van der Waals surface area contributed by atoms with Crippen molar-refractivity contribution in [3.63, 3.8) is 0 Å². The number of carbonyl (C=O) groups is 1. The molecule has 6 heteroatoms. The van der Waals surface area contributed by atoms with Crippen molar-refractivity contribution in [1.82, 2.24) is 15.2 Å². The van der Waals surface area contributed by atoms with E-state index in [0.717, 1.165) is 11.3 Å². The number of ether oxygens (including phenoxy) is 1. The summed E-state index contributed by atoms with van der Waals surface area (Å²) in [5, 5.41) is 15.2. The first-order valence-electron chi connectivity index (χ1n) is 5.95. The Kier molecular flexibility index (Phi) is 4.12. The number of rotatable bonds is 6. The summed E-state index contributed by atoms with van der Waals surface area (Å²) in [4.78, 5) is 14.6. The molecule has 0 saturated heterocycles. The van der Waals surface area contributed by atoms with Crippen LogP contribution in [0.3, 0.4) is 0 Å². The molecule has 1 aromatic heterocycles. The predicted molar refractivity (Wildman–Crippen MR) is 67.9 cm³/mol. The van der Waals surface area contributed by atoms with Crippen LogP contribution in [0.1, 0.15) is 23.6 Å². The summed E-state index contributed by atoms with van der Waals surface area (Å²) in [7, 11) is 0. The monoisotopic (exact) mass is 261 g/mol. The number of nitrogens with zero attached hydrogens (tertiary/aromatic N) is 2. The molecule has 0 aliphatic rings.